The van der Waals surface area contributed by atoms with Crippen LogP contribution in [-0.2, 0) is 0 Å². The zero-order chi connectivity index (χ0) is 13.9. The fourth-order valence-electron chi connectivity index (χ4n) is 2.10. The van der Waals surface area contributed by atoms with Gasteiger partial charge in [-0.1, -0.05) is 0 Å². The lowest BCUT2D eigenvalue weighted by Crippen LogP contribution is -2.52. The largest absolute Gasteiger partial charge is 0.505 e. The van der Waals surface area contributed by atoms with Gasteiger partial charge in [0.25, 0.3) is 5.91 Å². The summed E-state index contributed by atoms with van der Waals surface area (Å²) in [6.45, 7) is 1.42. The van der Waals surface area contributed by atoms with Crippen molar-refractivity contribution in [2.24, 2.45) is 0 Å². The highest BCUT2D eigenvalue weighted by atomic mass is 19.1. The number of rotatable bonds is 3. The number of carbonyl (C=O) groups is 1. The first kappa shape index (κ1) is 13.8. The maximum Gasteiger partial charge on any atom is 0.251 e. The first-order chi connectivity index (χ1) is 9.00. The number of β-amino-alcohol motifs (C(OH)–C–C–N with tert-alkyl or cyclic N) is 1. The van der Waals surface area contributed by atoms with E-state index in [0.29, 0.717) is 13.0 Å². The summed E-state index contributed by atoms with van der Waals surface area (Å²) in [6, 6.07) is 3.38. The van der Waals surface area contributed by atoms with Crippen LogP contribution in [0.1, 0.15) is 23.2 Å². The summed E-state index contributed by atoms with van der Waals surface area (Å²) in [6.07, 6.45) is 1.47. The Morgan fingerprint density at radius 3 is 2.95 bits per heavy atom. The average molecular weight is 268 g/mol. The zero-order valence-electron chi connectivity index (χ0n) is 10.4. The number of aromatic hydroxyl groups is 1. The number of hydrogen-bond donors (Lipinski definition) is 4. The van der Waals surface area contributed by atoms with Crippen molar-refractivity contribution in [1.29, 1.82) is 0 Å². The molecule has 1 fully saturated rings. The summed E-state index contributed by atoms with van der Waals surface area (Å²) in [5.74, 6) is -1.79. The van der Waals surface area contributed by atoms with E-state index < -0.39 is 23.1 Å². The normalized spacial score (nSPS) is 23.1. The third-order valence-corrected chi connectivity index (χ3v) is 3.24. The van der Waals surface area contributed by atoms with E-state index in [9.17, 15) is 19.4 Å². The number of amides is 1. The molecule has 0 spiro atoms. The van der Waals surface area contributed by atoms with Crippen molar-refractivity contribution in [2.75, 3.05) is 19.6 Å². The van der Waals surface area contributed by atoms with Crippen LogP contribution >= 0.6 is 0 Å². The fraction of sp³-hybridized carbons (Fsp3) is 0.462. The average Bonchev–Trinajstić information content (AvgIpc) is 2.40. The molecule has 1 aromatic carbocycles. The van der Waals surface area contributed by atoms with Gasteiger partial charge in [-0.05, 0) is 37.6 Å². The van der Waals surface area contributed by atoms with Crippen molar-refractivity contribution in [3.05, 3.63) is 29.6 Å². The standard InChI is InChI=1S/C13H17FN2O3/c14-10-3-2-9(6-11(10)17)12(18)16-8-13(19)4-1-5-15-7-13/h2-3,6,15,17,19H,1,4-5,7-8H2,(H,16,18)/t13-/m1/s1. The zero-order valence-corrected chi connectivity index (χ0v) is 10.4. The Morgan fingerprint density at radius 2 is 2.32 bits per heavy atom. The topological polar surface area (TPSA) is 81.6 Å². The summed E-state index contributed by atoms with van der Waals surface area (Å²) in [5.41, 5.74) is -0.790. The molecule has 0 saturated carbocycles. The summed E-state index contributed by atoms with van der Waals surface area (Å²) in [7, 11) is 0. The molecule has 0 bridgehead atoms. The molecule has 1 aliphatic rings. The number of phenols is 1. The van der Waals surface area contributed by atoms with Crippen LogP contribution in [0.5, 0.6) is 5.75 Å². The second-order valence-corrected chi connectivity index (χ2v) is 4.85. The van der Waals surface area contributed by atoms with E-state index in [4.69, 9.17) is 0 Å². The Morgan fingerprint density at radius 1 is 1.53 bits per heavy atom. The molecule has 1 aliphatic heterocycles. The van der Waals surface area contributed by atoms with Gasteiger partial charge >= 0.3 is 0 Å². The number of hydrogen-bond acceptors (Lipinski definition) is 4. The van der Waals surface area contributed by atoms with Crippen molar-refractivity contribution in [1.82, 2.24) is 10.6 Å². The van der Waals surface area contributed by atoms with Crippen molar-refractivity contribution in [2.45, 2.75) is 18.4 Å². The maximum absolute atomic E-state index is 12.9. The Hall–Kier alpha value is -1.66. The quantitative estimate of drug-likeness (QED) is 0.638. The van der Waals surface area contributed by atoms with Crippen molar-refractivity contribution >= 4 is 5.91 Å². The van der Waals surface area contributed by atoms with Gasteiger partial charge in [0.2, 0.25) is 0 Å². The highest BCUT2D eigenvalue weighted by molar-refractivity contribution is 5.94. The fourth-order valence-corrected chi connectivity index (χ4v) is 2.10. The predicted molar refractivity (Wildman–Crippen MR) is 67.5 cm³/mol. The van der Waals surface area contributed by atoms with E-state index in [1.165, 1.54) is 6.07 Å². The molecule has 1 aromatic rings. The summed E-state index contributed by atoms with van der Waals surface area (Å²) in [4.78, 5) is 11.8. The third kappa shape index (κ3) is 3.42. The number of halogens is 1. The first-order valence-corrected chi connectivity index (χ1v) is 6.20. The Kier molecular flexibility index (Phi) is 4.01. The lowest BCUT2D eigenvalue weighted by Gasteiger charge is -2.32. The van der Waals surface area contributed by atoms with Gasteiger partial charge in [-0.2, -0.15) is 0 Å². The van der Waals surface area contributed by atoms with Gasteiger partial charge in [0, 0.05) is 18.7 Å². The SMILES string of the molecule is O=C(NC[C@@]1(O)CCCNC1)c1ccc(F)c(O)c1. The van der Waals surface area contributed by atoms with E-state index >= 15 is 0 Å². The van der Waals surface area contributed by atoms with E-state index in [-0.39, 0.29) is 12.1 Å². The minimum Gasteiger partial charge on any atom is -0.505 e. The minimum absolute atomic E-state index is 0.122. The molecular weight excluding hydrogens is 251 g/mol. The van der Waals surface area contributed by atoms with Crippen LogP contribution in [0.2, 0.25) is 0 Å². The van der Waals surface area contributed by atoms with Crippen LogP contribution in [0.3, 0.4) is 0 Å². The lowest BCUT2D eigenvalue weighted by molar-refractivity contribution is 0.0170. The molecule has 2 rings (SSSR count). The number of nitrogens with one attached hydrogen (secondary N) is 2. The molecule has 1 atom stereocenters. The Labute approximate surface area is 110 Å². The molecule has 0 aromatic heterocycles. The molecule has 5 nitrogen and oxygen atoms in total. The van der Waals surface area contributed by atoms with E-state index in [0.717, 1.165) is 25.1 Å². The van der Waals surface area contributed by atoms with Crippen LogP contribution in [0.15, 0.2) is 18.2 Å². The maximum atomic E-state index is 12.9. The summed E-state index contributed by atoms with van der Waals surface area (Å²) < 4.78 is 12.9. The molecule has 0 aliphatic carbocycles. The molecule has 1 heterocycles. The highest BCUT2D eigenvalue weighted by Gasteiger charge is 2.29. The van der Waals surface area contributed by atoms with Gasteiger partial charge in [0.1, 0.15) is 0 Å². The third-order valence-electron chi connectivity index (χ3n) is 3.24. The molecule has 6 heteroatoms. The van der Waals surface area contributed by atoms with Gasteiger partial charge in [-0.25, -0.2) is 4.39 Å². The van der Waals surface area contributed by atoms with E-state index in [2.05, 4.69) is 10.6 Å². The van der Waals surface area contributed by atoms with Crippen molar-refractivity contribution in [3.8, 4) is 5.75 Å². The van der Waals surface area contributed by atoms with Gasteiger partial charge < -0.3 is 20.8 Å². The number of aliphatic hydroxyl groups is 1. The minimum atomic E-state index is -0.948. The Balaban J connectivity index is 1.95. The first-order valence-electron chi connectivity index (χ1n) is 6.20. The van der Waals surface area contributed by atoms with E-state index in [1.54, 1.807) is 0 Å². The molecule has 1 saturated heterocycles. The van der Waals surface area contributed by atoms with Gasteiger partial charge in [0.15, 0.2) is 11.6 Å². The van der Waals surface area contributed by atoms with Crippen molar-refractivity contribution < 1.29 is 19.4 Å². The Bertz CT molecular complexity index is 473. The second kappa shape index (κ2) is 5.54. The number of phenolic OH excluding ortho intramolecular Hbond substituents is 1. The van der Waals surface area contributed by atoms with Gasteiger partial charge in [-0.15, -0.1) is 0 Å². The molecule has 19 heavy (non-hydrogen) atoms. The number of benzene rings is 1. The molecule has 0 radical (unpaired) electrons. The molecular formula is C13H17FN2O3. The van der Waals surface area contributed by atoms with Gasteiger partial charge in [-0.3, -0.25) is 4.79 Å². The molecule has 4 N–H and O–H groups in total. The van der Waals surface area contributed by atoms with E-state index in [1.807, 2.05) is 0 Å². The lowest BCUT2D eigenvalue weighted by atomic mass is 9.94. The molecule has 1 amide bonds. The predicted octanol–water partition coefficient (Wildman–Crippen LogP) is 0.376. The van der Waals surface area contributed by atoms with Crippen LogP contribution in [0.4, 0.5) is 4.39 Å². The highest BCUT2D eigenvalue weighted by Crippen LogP contribution is 2.17. The van der Waals surface area contributed by atoms with Crippen LogP contribution in [-0.4, -0.2) is 41.4 Å². The monoisotopic (exact) mass is 268 g/mol. The summed E-state index contributed by atoms with van der Waals surface area (Å²) >= 11 is 0. The van der Waals surface area contributed by atoms with Crippen molar-refractivity contribution in [3.63, 3.8) is 0 Å². The van der Waals surface area contributed by atoms with Crippen LogP contribution in [0.25, 0.3) is 0 Å². The smallest absolute Gasteiger partial charge is 0.251 e. The molecule has 0 unspecified atom stereocenters. The molecule has 104 valence electrons. The van der Waals surface area contributed by atoms with Gasteiger partial charge in [0.05, 0.1) is 5.60 Å². The van der Waals surface area contributed by atoms with Crippen LogP contribution < -0.4 is 10.6 Å². The summed E-state index contributed by atoms with van der Waals surface area (Å²) in [5, 5.41) is 25.0. The number of carbonyl (C=O) groups excluding carboxylic acids is 1. The second-order valence-electron chi connectivity index (χ2n) is 4.85. The van der Waals surface area contributed by atoms with Crippen LogP contribution in [0, 0.1) is 5.82 Å². The number of piperidine rings is 1.